The lowest BCUT2D eigenvalue weighted by Gasteiger charge is -2.10. The van der Waals surface area contributed by atoms with Crippen LogP contribution in [0.3, 0.4) is 0 Å². The molecule has 0 saturated heterocycles. The number of imidazole rings is 1. The number of fused-ring (bicyclic) bond motifs is 1. The normalized spacial score (nSPS) is 11.2. The van der Waals surface area contributed by atoms with Crippen molar-refractivity contribution in [1.29, 1.82) is 0 Å². The van der Waals surface area contributed by atoms with Crippen LogP contribution in [0.15, 0.2) is 35.4 Å². The van der Waals surface area contributed by atoms with Gasteiger partial charge in [0.1, 0.15) is 5.82 Å². The first-order valence-electron chi connectivity index (χ1n) is 5.69. The van der Waals surface area contributed by atoms with Gasteiger partial charge in [-0.1, -0.05) is 11.6 Å². The minimum Gasteiger partial charge on any atom is -0.269 e. The zero-order valence-electron chi connectivity index (χ0n) is 10.3. The maximum Gasteiger partial charge on any atom is 0.262 e. The number of aromatic nitrogens is 3. The van der Waals surface area contributed by atoms with Gasteiger partial charge in [0.2, 0.25) is 11.7 Å². The summed E-state index contributed by atoms with van der Waals surface area (Å²) in [5.74, 6) is -1.44. The van der Waals surface area contributed by atoms with Crippen molar-refractivity contribution < 1.29 is 8.78 Å². The highest BCUT2D eigenvalue weighted by molar-refractivity contribution is 6.31. The zero-order valence-corrected chi connectivity index (χ0v) is 11.0. The van der Waals surface area contributed by atoms with Crippen LogP contribution in [0, 0.1) is 18.7 Å². The summed E-state index contributed by atoms with van der Waals surface area (Å²) in [4.78, 5) is 15.9. The average molecular weight is 296 g/mol. The topological polar surface area (TPSA) is 39.3 Å². The van der Waals surface area contributed by atoms with Gasteiger partial charge in [-0.3, -0.25) is 9.20 Å². The molecule has 4 nitrogen and oxygen atoms in total. The molecule has 0 aliphatic heterocycles. The summed E-state index contributed by atoms with van der Waals surface area (Å²) in [7, 11) is 0. The van der Waals surface area contributed by atoms with Crippen LogP contribution in [-0.2, 0) is 0 Å². The van der Waals surface area contributed by atoms with E-state index in [1.165, 1.54) is 18.5 Å². The van der Waals surface area contributed by atoms with Crippen LogP contribution in [0.4, 0.5) is 8.78 Å². The van der Waals surface area contributed by atoms with Crippen LogP contribution in [0.1, 0.15) is 5.56 Å². The quantitative estimate of drug-likeness (QED) is 0.648. The Labute approximate surface area is 116 Å². The number of benzene rings is 1. The monoisotopic (exact) mass is 295 g/mol. The molecule has 0 N–H and O–H groups in total. The average Bonchev–Trinajstić information content (AvgIpc) is 2.84. The van der Waals surface area contributed by atoms with E-state index in [1.54, 1.807) is 6.92 Å². The summed E-state index contributed by atoms with van der Waals surface area (Å²) in [5, 5.41) is 0.251. The Hall–Kier alpha value is -2.21. The fraction of sp³-hybridized carbons (Fsp3) is 0.0769. The van der Waals surface area contributed by atoms with Crippen LogP contribution >= 0.6 is 11.6 Å². The lowest BCUT2D eigenvalue weighted by Crippen LogP contribution is -2.22. The Kier molecular flexibility index (Phi) is 2.83. The van der Waals surface area contributed by atoms with Gasteiger partial charge in [-0.05, 0) is 24.6 Å². The lowest BCUT2D eigenvalue weighted by molar-refractivity contribution is 0.555. The molecule has 0 atom stereocenters. The van der Waals surface area contributed by atoms with Gasteiger partial charge in [0, 0.05) is 17.4 Å². The summed E-state index contributed by atoms with van der Waals surface area (Å²) < 4.78 is 29.7. The zero-order chi connectivity index (χ0) is 14.4. The van der Waals surface area contributed by atoms with Gasteiger partial charge in [-0.25, -0.2) is 13.9 Å². The van der Waals surface area contributed by atoms with Crippen molar-refractivity contribution in [3.05, 3.63) is 63.3 Å². The Morgan fingerprint density at radius 2 is 2.00 bits per heavy atom. The van der Waals surface area contributed by atoms with Gasteiger partial charge in [0.15, 0.2) is 0 Å². The predicted molar refractivity (Wildman–Crippen MR) is 70.5 cm³/mol. The van der Waals surface area contributed by atoms with E-state index in [0.717, 1.165) is 21.1 Å². The fourth-order valence-electron chi connectivity index (χ4n) is 2.00. The molecule has 7 heteroatoms. The standard InChI is InChI=1S/C13H8ClF2N3O/c1-7-4-10(9(15)5-8(7)14)19-12(20)6-11(16)18-3-2-17-13(18)19/h2-6H,1H3. The smallest absolute Gasteiger partial charge is 0.262 e. The van der Waals surface area contributed by atoms with E-state index in [-0.39, 0.29) is 16.5 Å². The van der Waals surface area contributed by atoms with Crippen LogP contribution in [-0.4, -0.2) is 14.0 Å². The first-order valence-corrected chi connectivity index (χ1v) is 6.07. The minimum absolute atomic E-state index is 0.00405. The van der Waals surface area contributed by atoms with Crippen LogP contribution in [0.5, 0.6) is 0 Å². The van der Waals surface area contributed by atoms with E-state index in [0.29, 0.717) is 5.56 Å². The Balaban J connectivity index is 2.44. The van der Waals surface area contributed by atoms with Crippen molar-refractivity contribution in [3.8, 4) is 5.69 Å². The van der Waals surface area contributed by atoms with E-state index in [1.807, 2.05) is 0 Å². The number of hydrogen-bond donors (Lipinski definition) is 0. The van der Waals surface area contributed by atoms with Gasteiger partial charge in [0.05, 0.1) is 11.8 Å². The highest BCUT2D eigenvalue weighted by Gasteiger charge is 2.15. The van der Waals surface area contributed by atoms with Gasteiger partial charge < -0.3 is 0 Å². The maximum atomic E-state index is 14.1. The van der Waals surface area contributed by atoms with Crippen molar-refractivity contribution in [2.75, 3.05) is 0 Å². The molecule has 0 spiro atoms. The van der Waals surface area contributed by atoms with E-state index in [4.69, 9.17) is 11.6 Å². The highest BCUT2D eigenvalue weighted by atomic mass is 35.5. The molecule has 102 valence electrons. The molecular formula is C13H8ClF2N3O. The van der Waals surface area contributed by atoms with Crippen LogP contribution in [0.2, 0.25) is 5.02 Å². The maximum absolute atomic E-state index is 14.1. The van der Waals surface area contributed by atoms with Gasteiger partial charge in [-0.2, -0.15) is 4.39 Å². The molecule has 0 bridgehead atoms. The van der Waals surface area contributed by atoms with Crippen LogP contribution < -0.4 is 5.56 Å². The van der Waals surface area contributed by atoms with E-state index in [2.05, 4.69) is 4.98 Å². The summed E-state index contributed by atoms with van der Waals surface area (Å²) in [6, 6.07) is 3.31. The molecule has 0 fully saturated rings. The van der Waals surface area contributed by atoms with Gasteiger partial charge in [0.25, 0.3) is 5.56 Å². The molecular weight excluding hydrogens is 288 g/mol. The second kappa shape index (κ2) is 4.42. The van der Waals surface area contributed by atoms with Crippen molar-refractivity contribution in [3.63, 3.8) is 0 Å². The summed E-state index contributed by atoms with van der Waals surface area (Å²) in [6.45, 7) is 1.68. The van der Waals surface area contributed by atoms with E-state index < -0.39 is 17.3 Å². The summed E-state index contributed by atoms with van der Waals surface area (Å²) in [6.07, 6.45) is 2.68. The largest absolute Gasteiger partial charge is 0.269 e. The number of aryl methyl sites for hydroxylation is 1. The molecule has 0 amide bonds. The molecule has 0 saturated carbocycles. The number of rotatable bonds is 1. The third kappa shape index (κ3) is 1.80. The molecule has 2 aromatic heterocycles. The molecule has 3 aromatic rings. The third-order valence-electron chi connectivity index (χ3n) is 2.98. The second-order valence-electron chi connectivity index (χ2n) is 4.29. The van der Waals surface area contributed by atoms with E-state index in [9.17, 15) is 13.6 Å². The van der Waals surface area contributed by atoms with Gasteiger partial charge in [-0.15, -0.1) is 0 Å². The van der Waals surface area contributed by atoms with Gasteiger partial charge >= 0.3 is 0 Å². The Morgan fingerprint density at radius 1 is 1.25 bits per heavy atom. The lowest BCUT2D eigenvalue weighted by atomic mass is 10.2. The summed E-state index contributed by atoms with van der Waals surface area (Å²) >= 11 is 5.83. The second-order valence-corrected chi connectivity index (χ2v) is 4.70. The molecule has 0 unspecified atom stereocenters. The fourth-order valence-corrected chi connectivity index (χ4v) is 2.15. The molecule has 20 heavy (non-hydrogen) atoms. The molecule has 0 radical (unpaired) electrons. The van der Waals surface area contributed by atoms with Crippen molar-refractivity contribution in [2.45, 2.75) is 6.92 Å². The molecule has 3 rings (SSSR count). The minimum atomic E-state index is -0.759. The molecule has 0 aliphatic carbocycles. The SMILES string of the molecule is Cc1cc(-n2c(=O)cc(F)n3ccnc23)c(F)cc1Cl. The van der Waals surface area contributed by atoms with Crippen molar-refractivity contribution >= 4 is 17.4 Å². The first kappa shape index (κ1) is 12.8. The number of nitrogens with zero attached hydrogens (tertiary/aromatic N) is 3. The number of hydrogen-bond acceptors (Lipinski definition) is 2. The Morgan fingerprint density at radius 3 is 2.75 bits per heavy atom. The van der Waals surface area contributed by atoms with E-state index >= 15 is 0 Å². The summed E-state index contributed by atoms with van der Waals surface area (Å²) in [5.41, 5.74) is -0.126. The molecule has 0 aliphatic rings. The highest BCUT2D eigenvalue weighted by Crippen LogP contribution is 2.23. The first-order chi connectivity index (χ1) is 9.49. The third-order valence-corrected chi connectivity index (χ3v) is 3.39. The number of halogens is 3. The van der Waals surface area contributed by atoms with Crippen LogP contribution in [0.25, 0.3) is 11.5 Å². The Bertz CT molecular complexity index is 885. The van der Waals surface area contributed by atoms with Crippen molar-refractivity contribution in [1.82, 2.24) is 14.0 Å². The molecule has 2 heterocycles. The van der Waals surface area contributed by atoms with Crippen molar-refractivity contribution in [2.24, 2.45) is 0 Å². The predicted octanol–water partition coefficient (Wildman–Crippen LogP) is 2.73. The molecule has 1 aromatic carbocycles.